The van der Waals surface area contributed by atoms with E-state index in [-0.39, 0.29) is 0 Å². The van der Waals surface area contributed by atoms with E-state index in [2.05, 4.69) is 59.1 Å². The minimum absolute atomic E-state index is 0.338. The highest BCUT2D eigenvalue weighted by Gasteiger charge is 2.26. The summed E-state index contributed by atoms with van der Waals surface area (Å²) in [6.07, 6.45) is 3.70. The number of hydrogen-bond acceptors (Lipinski definition) is 4. The number of H-pyrrole nitrogens is 1. The van der Waals surface area contributed by atoms with Crippen molar-refractivity contribution in [3.63, 3.8) is 0 Å². The van der Waals surface area contributed by atoms with Crippen molar-refractivity contribution < 1.29 is 4.74 Å². The number of likely N-dealkylation sites (tertiary alicyclic amines) is 1. The molecule has 1 aliphatic heterocycles. The van der Waals surface area contributed by atoms with Crippen LogP contribution in [0.3, 0.4) is 0 Å². The Balaban J connectivity index is 1.63. The van der Waals surface area contributed by atoms with Crippen LogP contribution in [0.1, 0.15) is 54.1 Å². The number of pyridine rings is 1. The van der Waals surface area contributed by atoms with Gasteiger partial charge in [-0.3, -0.25) is 15.0 Å². The maximum Gasteiger partial charge on any atom is 0.0878 e. The molecule has 0 aromatic carbocycles. The fourth-order valence-corrected chi connectivity index (χ4v) is 4.00. The van der Waals surface area contributed by atoms with Crippen LogP contribution in [0.25, 0.3) is 0 Å². The third kappa shape index (κ3) is 4.67. The van der Waals surface area contributed by atoms with Crippen molar-refractivity contribution >= 4 is 0 Å². The second-order valence-corrected chi connectivity index (χ2v) is 7.39. The average Bonchev–Trinajstić information content (AvgIpc) is 3.02. The van der Waals surface area contributed by atoms with Gasteiger partial charge in [0.2, 0.25) is 0 Å². The van der Waals surface area contributed by atoms with E-state index in [0.29, 0.717) is 18.6 Å². The zero-order valence-electron chi connectivity index (χ0n) is 15.9. The van der Waals surface area contributed by atoms with Crippen LogP contribution in [0, 0.1) is 19.8 Å². The number of hydrogen-bond donors (Lipinski definition) is 1. The predicted molar refractivity (Wildman–Crippen MR) is 99.4 cm³/mol. The minimum Gasteiger partial charge on any atom is -0.378 e. The van der Waals surface area contributed by atoms with Crippen molar-refractivity contribution in [1.29, 1.82) is 0 Å². The molecule has 5 heteroatoms. The third-order valence-electron chi connectivity index (χ3n) is 5.14. The molecule has 136 valence electrons. The van der Waals surface area contributed by atoms with Crippen molar-refractivity contribution in [3.8, 4) is 0 Å². The summed E-state index contributed by atoms with van der Waals surface area (Å²) in [5, 5.41) is 7.57. The lowest BCUT2D eigenvalue weighted by atomic mass is 9.90. The summed E-state index contributed by atoms with van der Waals surface area (Å²) in [7, 11) is 1.71. The molecule has 1 fully saturated rings. The third-order valence-corrected chi connectivity index (χ3v) is 5.14. The van der Waals surface area contributed by atoms with Crippen LogP contribution in [0.4, 0.5) is 0 Å². The Morgan fingerprint density at radius 2 is 2.04 bits per heavy atom. The maximum atomic E-state index is 5.18. The van der Waals surface area contributed by atoms with E-state index in [1.807, 2.05) is 0 Å². The van der Waals surface area contributed by atoms with E-state index < -0.39 is 0 Å². The molecule has 0 aliphatic carbocycles. The molecule has 2 aromatic heterocycles. The van der Waals surface area contributed by atoms with Gasteiger partial charge in [0.05, 0.1) is 24.0 Å². The Morgan fingerprint density at radius 3 is 2.76 bits per heavy atom. The first-order chi connectivity index (χ1) is 12.0. The van der Waals surface area contributed by atoms with E-state index in [4.69, 9.17) is 4.74 Å². The summed E-state index contributed by atoms with van der Waals surface area (Å²) in [5.41, 5.74) is 5.83. The maximum absolute atomic E-state index is 5.18. The van der Waals surface area contributed by atoms with Crippen molar-refractivity contribution in [2.24, 2.45) is 5.92 Å². The second kappa shape index (κ2) is 8.11. The molecule has 3 heterocycles. The van der Waals surface area contributed by atoms with Crippen LogP contribution in [-0.4, -0.2) is 40.3 Å². The predicted octanol–water partition coefficient (Wildman–Crippen LogP) is 3.58. The van der Waals surface area contributed by atoms with Gasteiger partial charge in [-0.15, -0.1) is 0 Å². The Hall–Kier alpha value is -1.72. The quantitative estimate of drug-likeness (QED) is 0.872. The summed E-state index contributed by atoms with van der Waals surface area (Å²) in [6.45, 7) is 9.30. The van der Waals surface area contributed by atoms with Crippen LogP contribution >= 0.6 is 0 Å². The molecule has 1 unspecified atom stereocenters. The lowest BCUT2D eigenvalue weighted by molar-refractivity contribution is 0.129. The van der Waals surface area contributed by atoms with Crippen LogP contribution in [0.5, 0.6) is 0 Å². The summed E-state index contributed by atoms with van der Waals surface area (Å²) in [5.74, 6) is 0.704. The highest BCUT2D eigenvalue weighted by Crippen LogP contribution is 2.28. The Labute approximate surface area is 150 Å². The number of methoxy groups -OCH3 is 1. The molecular formula is C20H30N4O. The number of ether oxygens (including phenoxy) is 1. The first-order valence-corrected chi connectivity index (χ1v) is 9.26. The molecule has 5 nitrogen and oxygen atoms in total. The smallest absolute Gasteiger partial charge is 0.0878 e. The van der Waals surface area contributed by atoms with Gasteiger partial charge in [-0.25, -0.2) is 0 Å². The van der Waals surface area contributed by atoms with E-state index >= 15 is 0 Å². The van der Waals surface area contributed by atoms with E-state index in [1.54, 1.807) is 7.11 Å². The van der Waals surface area contributed by atoms with Crippen molar-refractivity contribution in [3.05, 3.63) is 46.5 Å². The van der Waals surface area contributed by atoms with E-state index in [9.17, 15) is 0 Å². The number of nitrogens with one attached hydrogen (secondary N) is 1. The zero-order chi connectivity index (χ0) is 17.8. The topological polar surface area (TPSA) is 54.0 Å². The van der Waals surface area contributed by atoms with Gasteiger partial charge in [-0.2, -0.15) is 5.10 Å². The number of piperidine rings is 1. The first-order valence-electron chi connectivity index (χ1n) is 9.26. The van der Waals surface area contributed by atoms with E-state index in [1.165, 1.54) is 18.4 Å². The summed E-state index contributed by atoms with van der Waals surface area (Å²) in [6, 6.07) is 6.94. The fraction of sp³-hybridized carbons (Fsp3) is 0.600. The average molecular weight is 342 g/mol. The minimum atomic E-state index is 0.338. The summed E-state index contributed by atoms with van der Waals surface area (Å²) < 4.78 is 5.18. The molecule has 0 bridgehead atoms. The van der Waals surface area contributed by atoms with Crippen LogP contribution in [-0.2, 0) is 17.8 Å². The molecule has 2 aromatic rings. The Kier molecular flexibility index (Phi) is 5.86. The van der Waals surface area contributed by atoms with Gasteiger partial charge < -0.3 is 4.74 Å². The van der Waals surface area contributed by atoms with Crippen molar-refractivity contribution in [2.75, 3.05) is 20.2 Å². The highest BCUT2D eigenvalue weighted by atomic mass is 16.5. The molecule has 0 spiro atoms. The number of aromatic amines is 1. The Morgan fingerprint density at radius 1 is 1.28 bits per heavy atom. The summed E-state index contributed by atoms with van der Waals surface area (Å²) in [4.78, 5) is 7.07. The van der Waals surface area contributed by atoms with Gasteiger partial charge in [0.1, 0.15) is 0 Å². The van der Waals surface area contributed by atoms with Crippen LogP contribution < -0.4 is 0 Å². The Bertz CT molecular complexity index is 677. The van der Waals surface area contributed by atoms with Gasteiger partial charge in [0, 0.05) is 25.0 Å². The van der Waals surface area contributed by atoms with Crippen molar-refractivity contribution in [1.82, 2.24) is 20.1 Å². The second-order valence-electron chi connectivity index (χ2n) is 7.39. The molecular weight excluding hydrogens is 312 g/mol. The standard InChI is InChI=1S/C20H30N4O/c1-14-8-18(9-15(2)21-14)10-17-6-5-7-24(12-17)16(3)20-11-19(13-25-4)22-23-20/h8-9,11,16-17H,5-7,10,12-13H2,1-4H3,(H,22,23)/t16?,17-/m1/s1. The first kappa shape index (κ1) is 18.1. The monoisotopic (exact) mass is 342 g/mol. The summed E-state index contributed by atoms with van der Waals surface area (Å²) >= 11 is 0. The van der Waals surface area contributed by atoms with Gasteiger partial charge in [0.15, 0.2) is 0 Å². The number of aryl methyl sites for hydroxylation is 2. The fourth-order valence-electron chi connectivity index (χ4n) is 4.00. The largest absolute Gasteiger partial charge is 0.378 e. The molecule has 25 heavy (non-hydrogen) atoms. The van der Waals surface area contributed by atoms with Crippen LogP contribution in [0.15, 0.2) is 18.2 Å². The van der Waals surface area contributed by atoms with Gasteiger partial charge in [-0.05, 0) is 76.3 Å². The molecule has 2 atom stereocenters. The molecule has 0 radical (unpaired) electrons. The molecule has 1 aliphatic rings. The highest BCUT2D eigenvalue weighted by molar-refractivity contribution is 5.21. The number of aromatic nitrogens is 3. The number of rotatable bonds is 6. The SMILES string of the molecule is COCc1cc(C(C)N2CCC[C@H](Cc3cc(C)nc(C)c3)C2)n[nH]1. The number of nitrogens with zero attached hydrogens (tertiary/aromatic N) is 3. The van der Waals surface area contributed by atoms with Gasteiger partial charge in [-0.1, -0.05) is 0 Å². The lowest BCUT2D eigenvalue weighted by Gasteiger charge is -2.36. The van der Waals surface area contributed by atoms with Crippen molar-refractivity contribution in [2.45, 2.75) is 52.7 Å². The molecule has 0 saturated carbocycles. The normalized spacial score (nSPS) is 19.9. The van der Waals surface area contributed by atoms with E-state index in [0.717, 1.165) is 42.3 Å². The van der Waals surface area contributed by atoms with Gasteiger partial charge >= 0.3 is 0 Å². The molecule has 3 rings (SSSR count). The van der Waals surface area contributed by atoms with Gasteiger partial charge in [0.25, 0.3) is 0 Å². The molecule has 0 amide bonds. The van der Waals surface area contributed by atoms with Crippen LogP contribution in [0.2, 0.25) is 0 Å². The lowest BCUT2D eigenvalue weighted by Crippen LogP contribution is -2.38. The molecule has 1 saturated heterocycles. The zero-order valence-corrected chi connectivity index (χ0v) is 15.9. The molecule has 1 N–H and O–H groups in total.